The molecule has 2 N–H and O–H groups in total. The lowest BCUT2D eigenvalue weighted by molar-refractivity contribution is -0.117. The fourth-order valence-corrected chi connectivity index (χ4v) is 2.06. The van der Waals surface area contributed by atoms with E-state index < -0.39 is 0 Å². The predicted molar refractivity (Wildman–Crippen MR) is 81.6 cm³/mol. The number of likely N-dealkylation sites (N-methyl/N-ethyl adjacent to an activating group) is 1. The lowest BCUT2D eigenvalue weighted by atomic mass is 10.1. The lowest BCUT2D eigenvalue weighted by Crippen LogP contribution is -2.57. The quantitative estimate of drug-likeness (QED) is 0.893. The molecule has 7 heteroatoms. The van der Waals surface area contributed by atoms with E-state index in [0.717, 1.165) is 13.1 Å². The van der Waals surface area contributed by atoms with E-state index in [9.17, 15) is 4.79 Å². The maximum Gasteiger partial charge on any atom is 0.238 e. The van der Waals surface area contributed by atoms with Gasteiger partial charge in [0, 0.05) is 24.2 Å². The molecule has 1 aliphatic rings. The van der Waals surface area contributed by atoms with Crippen molar-refractivity contribution >= 4 is 47.2 Å². The van der Waals surface area contributed by atoms with Gasteiger partial charge < -0.3 is 10.6 Å². The van der Waals surface area contributed by atoms with E-state index in [4.69, 9.17) is 23.2 Å². The van der Waals surface area contributed by atoms with Crippen LogP contribution >= 0.6 is 35.6 Å². The highest BCUT2D eigenvalue weighted by molar-refractivity contribution is 6.35. The number of halogens is 3. The molecule has 1 amide bonds. The first-order valence-corrected chi connectivity index (χ1v) is 6.47. The molecule has 0 atom stereocenters. The van der Waals surface area contributed by atoms with Crippen LogP contribution in [-0.4, -0.2) is 43.5 Å². The molecule has 0 aliphatic carbocycles. The standard InChI is InChI=1S/C12H15Cl2N3O.ClH/c1-17(9-5-15-6-9)7-12(18)16-11-4-8(13)2-3-10(11)14;/h2-4,9,15H,5-7H2,1H3,(H,16,18);1H. The van der Waals surface area contributed by atoms with Gasteiger partial charge in [0.2, 0.25) is 5.91 Å². The molecular formula is C12H16Cl3N3O. The van der Waals surface area contributed by atoms with Gasteiger partial charge in [-0.3, -0.25) is 9.69 Å². The second-order valence-corrected chi connectivity index (χ2v) is 5.24. The highest BCUT2D eigenvalue weighted by Crippen LogP contribution is 2.25. The topological polar surface area (TPSA) is 44.4 Å². The van der Waals surface area contributed by atoms with E-state index in [2.05, 4.69) is 10.6 Å². The number of carbonyl (C=O) groups excluding carboxylic acids is 1. The Balaban J connectivity index is 0.00000180. The van der Waals surface area contributed by atoms with Gasteiger partial charge in [0.05, 0.1) is 17.3 Å². The van der Waals surface area contributed by atoms with Crippen molar-refractivity contribution in [2.75, 3.05) is 32.0 Å². The number of nitrogens with one attached hydrogen (secondary N) is 2. The third-order valence-corrected chi connectivity index (χ3v) is 3.54. The molecular weight excluding hydrogens is 309 g/mol. The molecule has 0 spiro atoms. The molecule has 0 aromatic heterocycles. The summed E-state index contributed by atoms with van der Waals surface area (Å²) < 4.78 is 0. The Bertz CT molecular complexity index is 452. The Morgan fingerprint density at radius 1 is 1.47 bits per heavy atom. The zero-order valence-electron chi connectivity index (χ0n) is 10.5. The molecule has 1 heterocycles. The Morgan fingerprint density at radius 2 is 2.16 bits per heavy atom. The van der Waals surface area contributed by atoms with Crippen molar-refractivity contribution in [2.24, 2.45) is 0 Å². The summed E-state index contributed by atoms with van der Waals surface area (Å²) in [6.07, 6.45) is 0. The molecule has 2 rings (SSSR count). The monoisotopic (exact) mass is 323 g/mol. The molecule has 0 saturated carbocycles. The second-order valence-electron chi connectivity index (χ2n) is 4.40. The lowest BCUT2D eigenvalue weighted by Gasteiger charge is -2.35. The number of nitrogens with zero attached hydrogens (tertiary/aromatic N) is 1. The van der Waals surface area contributed by atoms with E-state index in [0.29, 0.717) is 28.3 Å². The average Bonchev–Trinajstić information content (AvgIpc) is 2.20. The van der Waals surface area contributed by atoms with Crippen molar-refractivity contribution in [3.05, 3.63) is 28.2 Å². The summed E-state index contributed by atoms with van der Waals surface area (Å²) in [5, 5.41) is 6.97. The van der Waals surface area contributed by atoms with Gasteiger partial charge in [0.1, 0.15) is 0 Å². The van der Waals surface area contributed by atoms with Gasteiger partial charge >= 0.3 is 0 Å². The minimum atomic E-state index is -0.0893. The van der Waals surface area contributed by atoms with E-state index in [1.807, 2.05) is 11.9 Å². The average molecular weight is 325 g/mol. The smallest absolute Gasteiger partial charge is 0.238 e. The van der Waals surface area contributed by atoms with Crippen LogP contribution in [0.3, 0.4) is 0 Å². The summed E-state index contributed by atoms with van der Waals surface area (Å²) in [5.41, 5.74) is 0.550. The molecule has 19 heavy (non-hydrogen) atoms. The van der Waals surface area contributed by atoms with Crippen molar-refractivity contribution in [3.8, 4) is 0 Å². The summed E-state index contributed by atoms with van der Waals surface area (Å²) in [5.74, 6) is -0.0893. The zero-order valence-corrected chi connectivity index (χ0v) is 12.8. The summed E-state index contributed by atoms with van der Waals surface area (Å²) in [6, 6.07) is 5.43. The molecule has 1 aliphatic heterocycles. The summed E-state index contributed by atoms with van der Waals surface area (Å²) in [7, 11) is 1.94. The van der Waals surface area contributed by atoms with Crippen LogP contribution in [0, 0.1) is 0 Å². The number of anilines is 1. The molecule has 0 radical (unpaired) electrons. The molecule has 106 valence electrons. The number of hydrogen-bond donors (Lipinski definition) is 2. The van der Waals surface area contributed by atoms with Crippen LogP contribution in [-0.2, 0) is 4.79 Å². The maximum absolute atomic E-state index is 11.9. The number of hydrogen-bond acceptors (Lipinski definition) is 3. The summed E-state index contributed by atoms with van der Waals surface area (Å²) in [4.78, 5) is 13.9. The molecule has 0 unspecified atom stereocenters. The Morgan fingerprint density at radius 3 is 2.74 bits per heavy atom. The summed E-state index contributed by atoms with van der Waals surface area (Å²) in [6.45, 7) is 2.21. The van der Waals surface area contributed by atoms with Crippen LogP contribution in [0.25, 0.3) is 0 Å². The van der Waals surface area contributed by atoms with Crippen molar-refractivity contribution < 1.29 is 4.79 Å². The SMILES string of the molecule is CN(CC(=O)Nc1cc(Cl)ccc1Cl)C1CNC1.Cl. The van der Waals surface area contributed by atoms with Gasteiger partial charge in [0.25, 0.3) is 0 Å². The second kappa shape index (κ2) is 7.31. The van der Waals surface area contributed by atoms with Crippen molar-refractivity contribution in [2.45, 2.75) is 6.04 Å². The van der Waals surface area contributed by atoms with Gasteiger partial charge in [-0.2, -0.15) is 0 Å². The van der Waals surface area contributed by atoms with Crippen molar-refractivity contribution in [3.63, 3.8) is 0 Å². The van der Waals surface area contributed by atoms with Crippen LogP contribution in [0.4, 0.5) is 5.69 Å². The van der Waals surface area contributed by atoms with Crippen LogP contribution in [0.2, 0.25) is 10.0 Å². The Labute approximate surface area is 128 Å². The number of rotatable bonds is 4. The first kappa shape index (κ1) is 16.5. The molecule has 4 nitrogen and oxygen atoms in total. The van der Waals surface area contributed by atoms with E-state index in [1.165, 1.54) is 0 Å². The van der Waals surface area contributed by atoms with Gasteiger partial charge in [0.15, 0.2) is 0 Å². The first-order chi connectivity index (χ1) is 8.56. The van der Waals surface area contributed by atoms with E-state index in [1.54, 1.807) is 18.2 Å². The third kappa shape index (κ3) is 4.51. The number of benzene rings is 1. The maximum atomic E-state index is 11.9. The van der Waals surface area contributed by atoms with Gasteiger partial charge in [-0.1, -0.05) is 23.2 Å². The largest absolute Gasteiger partial charge is 0.324 e. The fraction of sp³-hybridized carbons (Fsp3) is 0.417. The molecule has 1 aromatic rings. The Hall–Kier alpha value is -0.520. The molecule has 1 aromatic carbocycles. The van der Waals surface area contributed by atoms with Crippen molar-refractivity contribution in [1.82, 2.24) is 10.2 Å². The van der Waals surface area contributed by atoms with Gasteiger partial charge in [-0.15, -0.1) is 12.4 Å². The number of amides is 1. The van der Waals surface area contributed by atoms with Crippen LogP contribution in [0.1, 0.15) is 0 Å². The highest BCUT2D eigenvalue weighted by atomic mass is 35.5. The van der Waals surface area contributed by atoms with Gasteiger partial charge in [-0.25, -0.2) is 0 Å². The van der Waals surface area contributed by atoms with Crippen molar-refractivity contribution in [1.29, 1.82) is 0 Å². The van der Waals surface area contributed by atoms with Gasteiger partial charge in [-0.05, 0) is 25.2 Å². The molecule has 1 saturated heterocycles. The Kier molecular flexibility index (Phi) is 6.36. The summed E-state index contributed by atoms with van der Waals surface area (Å²) >= 11 is 11.8. The number of carbonyl (C=O) groups is 1. The zero-order chi connectivity index (χ0) is 13.1. The first-order valence-electron chi connectivity index (χ1n) is 5.72. The predicted octanol–water partition coefficient (Wildman–Crippen LogP) is 2.26. The minimum Gasteiger partial charge on any atom is -0.324 e. The molecule has 1 fully saturated rings. The minimum absolute atomic E-state index is 0. The fourth-order valence-electron chi connectivity index (χ4n) is 1.72. The normalized spacial score (nSPS) is 14.7. The van der Waals surface area contributed by atoms with E-state index >= 15 is 0 Å². The van der Waals surface area contributed by atoms with Crippen LogP contribution < -0.4 is 10.6 Å². The third-order valence-electron chi connectivity index (χ3n) is 2.98. The molecule has 0 bridgehead atoms. The van der Waals surface area contributed by atoms with E-state index in [-0.39, 0.29) is 18.3 Å². The highest BCUT2D eigenvalue weighted by Gasteiger charge is 2.23. The van der Waals surface area contributed by atoms with Crippen LogP contribution in [0.15, 0.2) is 18.2 Å². The van der Waals surface area contributed by atoms with Crippen LogP contribution in [0.5, 0.6) is 0 Å².